The van der Waals surface area contributed by atoms with E-state index >= 15 is 0 Å². The molecule has 0 radical (unpaired) electrons. The molecular formula is C20H19N3O2. The number of hydrogen-bond acceptors (Lipinski definition) is 5. The predicted molar refractivity (Wildman–Crippen MR) is 95.3 cm³/mol. The number of furan rings is 1. The van der Waals surface area contributed by atoms with Gasteiger partial charge in [0.05, 0.1) is 17.5 Å². The second kappa shape index (κ2) is 6.16. The summed E-state index contributed by atoms with van der Waals surface area (Å²) >= 11 is 0. The molecule has 0 fully saturated rings. The molecule has 2 aromatic heterocycles. The first-order valence-corrected chi connectivity index (χ1v) is 8.36. The normalized spacial score (nSPS) is 16.6. The Morgan fingerprint density at radius 1 is 1.16 bits per heavy atom. The van der Waals surface area contributed by atoms with E-state index in [2.05, 4.69) is 35.2 Å². The molecular weight excluding hydrogens is 314 g/mol. The van der Waals surface area contributed by atoms with Crippen molar-refractivity contribution in [2.24, 2.45) is 0 Å². The molecule has 0 unspecified atom stereocenters. The van der Waals surface area contributed by atoms with E-state index in [1.54, 1.807) is 12.5 Å². The summed E-state index contributed by atoms with van der Waals surface area (Å²) in [6.45, 7) is 4.11. The summed E-state index contributed by atoms with van der Waals surface area (Å²) in [6, 6.07) is 9.98. The quantitative estimate of drug-likeness (QED) is 0.772. The Balaban J connectivity index is 1.63. The molecule has 3 aromatic rings. The maximum Gasteiger partial charge on any atom is 0.227 e. The zero-order valence-corrected chi connectivity index (χ0v) is 14.2. The summed E-state index contributed by atoms with van der Waals surface area (Å²) in [6.07, 6.45) is 4.39. The van der Waals surface area contributed by atoms with Gasteiger partial charge in [0, 0.05) is 30.6 Å². The number of aromatic nitrogens is 2. The minimum Gasteiger partial charge on any atom is -0.469 e. The number of fused-ring (bicyclic) bond motifs is 1. The summed E-state index contributed by atoms with van der Waals surface area (Å²) < 4.78 is 5.48. The van der Waals surface area contributed by atoms with Crippen LogP contribution in [0.5, 0.6) is 0 Å². The molecule has 25 heavy (non-hydrogen) atoms. The largest absolute Gasteiger partial charge is 0.469 e. The number of hydrogen-bond donors (Lipinski definition) is 1. The number of ketones is 1. The van der Waals surface area contributed by atoms with Crippen LogP contribution >= 0.6 is 0 Å². The summed E-state index contributed by atoms with van der Waals surface area (Å²) in [5, 5.41) is 3.24. The van der Waals surface area contributed by atoms with Crippen LogP contribution in [0.15, 0.2) is 47.2 Å². The van der Waals surface area contributed by atoms with Crippen molar-refractivity contribution in [2.45, 2.75) is 32.6 Å². The van der Waals surface area contributed by atoms with Crippen LogP contribution in [-0.2, 0) is 6.42 Å². The second-order valence-electron chi connectivity index (χ2n) is 6.60. The Labute approximate surface area is 146 Å². The second-order valence-corrected chi connectivity index (χ2v) is 6.60. The summed E-state index contributed by atoms with van der Waals surface area (Å²) in [4.78, 5) is 21.3. The standard InChI is InChI=1S/C20H19N3O2/c1-12-6-13(2)8-15(7-12)22-20-21-11-16-17(23-20)9-14(10-18(16)24)19-4-3-5-25-19/h3-8,11,14H,9-10H2,1-2H3,(H,21,22,23)/t14-/m0/s1. The van der Waals surface area contributed by atoms with Crippen molar-refractivity contribution in [2.75, 3.05) is 5.32 Å². The molecule has 1 atom stereocenters. The fourth-order valence-electron chi connectivity index (χ4n) is 3.41. The lowest BCUT2D eigenvalue weighted by atomic mass is 9.85. The lowest BCUT2D eigenvalue weighted by Gasteiger charge is -2.21. The van der Waals surface area contributed by atoms with Gasteiger partial charge in [-0.05, 0) is 49.2 Å². The molecule has 1 aromatic carbocycles. The highest BCUT2D eigenvalue weighted by Crippen LogP contribution is 2.32. The highest BCUT2D eigenvalue weighted by atomic mass is 16.3. The van der Waals surface area contributed by atoms with Gasteiger partial charge in [0.25, 0.3) is 0 Å². The number of rotatable bonds is 3. The number of carbonyl (C=O) groups excluding carboxylic acids is 1. The van der Waals surface area contributed by atoms with Gasteiger partial charge in [0.1, 0.15) is 5.76 Å². The van der Waals surface area contributed by atoms with Crippen LogP contribution in [0, 0.1) is 13.8 Å². The van der Waals surface area contributed by atoms with E-state index in [-0.39, 0.29) is 11.7 Å². The topological polar surface area (TPSA) is 68.0 Å². The van der Waals surface area contributed by atoms with E-state index in [1.165, 1.54) is 11.1 Å². The minimum absolute atomic E-state index is 0.0407. The number of Topliss-reactive ketones (excluding diaryl/α,β-unsaturated/α-hetero) is 1. The highest BCUT2D eigenvalue weighted by Gasteiger charge is 2.29. The third-order valence-electron chi connectivity index (χ3n) is 4.46. The van der Waals surface area contributed by atoms with Gasteiger partial charge >= 0.3 is 0 Å². The number of carbonyl (C=O) groups is 1. The van der Waals surface area contributed by atoms with Crippen LogP contribution < -0.4 is 5.32 Å². The minimum atomic E-state index is 0.0407. The van der Waals surface area contributed by atoms with Crippen molar-refractivity contribution < 1.29 is 9.21 Å². The lowest BCUT2D eigenvalue weighted by Crippen LogP contribution is -2.20. The molecule has 4 rings (SSSR count). The van der Waals surface area contributed by atoms with Crippen molar-refractivity contribution in [1.82, 2.24) is 9.97 Å². The first-order valence-electron chi connectivity index (χ1n) is 8.36. The summed E-state index contributed by atoms with van der Waals surface area (Å²) in [7, 11) is 0. The molecule has 0 bridgehead atoms. The maximum absolute atomic E-state index is 12.4. The van der Waals surface area contributed by atoms with E-state index < -0.39 is 0 Å². The monoisotopic (exact) mass is 333 g/mol. The number of benzene rings is 1. The Hall–Kier alpha value is -2.95. The van der Waals surface area contributed by atoms with Gasteiger partial charge in [-0.3, -0.25) is 4.79 Å². The van der Waals surface area contributed by atoms with Gasteiger partial charge in [0.2, 0.25) is 5.95 Å². The number of aryl methyl sites for hydroxylation is 2. The smallest absolute Gasteiger partial charge is 0.227 e. The first kappa shape index (κ1) is 15.6. The molecule has 1 N–H and O–H groups in total. The van der Waals surface area contributed by atoms with Crippen molar-refractivity contribution in [3.63, 3.8) is 0 Å². The predicted octanol–water partition coefficient (Wildman–Crippen LogP) is 4.34. The Kier molecular flexibility index (Phi) is 3.84. The SMILES string of the molecule is Cc1cc(C)cc(Nc2ncc3c(n2)C[C@H](c2ccco2)CC3=O)c1. The van der Waals surface area contributed by atoms with Gasteiger partial charge in [-0.25, -0.2) is 9.97 Å². The van der Waals surface area contributed by atoms with Crippen molar-refractivity contribution >= 4 is 17.4 Å². The average Bonchev–Trinajstić information content (AvgIpc) is 3.08. The van der Waals surface area contributed by atoms with Gasteiger partial charge in [-0.15, -0.1) is 0 Å². The zero-order valence-electron chi connectivity index (χ0n) is 14.2. The van der Waals surface area contributed by atoms with Crippen molar-refractivity contribution in [3.05, 3.63) is 70.9 Å². The van der Waals surface area contributed by atoms with Crippen molar-refractivity contribution in [3.8, 4) is 0 Å². The van der Waals surface area contributed by atoms with Crippen LogP contribution in [0.1, 0.15) is 45.3 Å². The lowest BCUT2D eigenvalue weighted by molar-refractivity contribution is 0.0958. The third-order valence-corrected chi connectivity index (χ3v) is 4.46. The molecule has 0 aliphatic heterocycles. The molecule has 1 aliphatic rings. The molecule has 0 amide bonds. The molecule has 5 heteroatoms. The zero-order chi connectivity index (χ0) is 17.4. The Morgan fingerprint density at radius 2 is 1.96 bits per heavy atom. The molecule has 0 saturated carbocycles. The van der Waals surface area contributed by atoms with E-state index in [1.807, 2.05) is 24.3 Å². The maximum atomic E-state index is 12.4. The number of nitrogens with zero attached hydrogens (tertiary/aromatic N) is 2. The Morgan fingerprint density at radius 3 is 2.68 bits per heavy atom. The van der Waals surface area contributed by atoms with E-state index in [9.17, 15) is 4.79 Å². The van der Waals surface area contributed by atoms with Crippen LogP contribution in [0.3, 0.4) is 0 Å². The summed E-state index contributed by atoms with van der Waals surface area (Å²) in [5.74, 6) is 1.46. The molecule has 2 heterocycles. The van der Waals surface area contributed by atoms with E-state index in [0.29, 0.717) is 24.4 Å². The molecule has 5 nitrogen and oxygen atoms in total. The number of nitrogens with one attached hydrogen (secondary N) is 1. The van der Waals surface area contributed by atoms with Gasteiger partial charge in [-0.1, -0.05) is 6.07 Å². The fraction of sp³-hybridized carbons (Fsp3) is 0.250. The van der Waals surface area contributed by atoms with E-state index in [0.717, 1.165) is 17.1 Å². The van der Waals surface area contributed by atoms with Gasteiger partial charge in [0.15, 0.2) is 5.78 Å². The Bertz CT molecular complexity index is 912. The molecule has 0 spiro atoms. The van der Waals surface area contributed by atoms with Crippen LogP contribution in [0.2, 0.25) is 0 Å². The van der Waals surface area contributed by atoms with Crippen LogP contribution in [0.25, 0.3) is 0 Å². The molecule has 0 saturated heterocycles. The fourth-order valence-corrected chi connectivity index (χ4v) is 3.41. The summed E-state index contributed by atoms with van der Waals surface area (Å²) in [5.41, 5.74) is 4.69. The molecule has 126 valence electrons. The van der Waals surface area contributed by atoms with Gasteiger partial charge < -0.3 is 9.73 Å². The van der Waals surface area contributed by atoms with E-state index in [4.69, 9.17) is 4.42 Å². The molecule has 1 aliphatic carbocycles. The average molecular weight is 333 g/mol. The highest BCUT2D eigenvalue weighted by molar-refractivity contribution is 5.98. The van der Waals surface area contributed by atoms with Gasteiger partial charge in [-0.2, -0.15) is 0 Å². The van der Waals surface area contributed by atoms with Crippen molar-refractivity contribution in [1.29, 1.82) is 0 Å². The third kappa shape index (κ3) is 3.18. The first-order chi connectivity index (χ1) is 12.1. The van der Waals surface area contributed by atoms with Crippen LogP contribution in [-0.4, -0.2) is 15.8 Å². The number of anilines is 2. The van der Waals surface area contributed by atoms with Crippen LogP contribution in [0.4, 0.5) is 11.6 Å².